The lowest BCUT2D eigenvalue weighted by Gasteiger charge is -2.29. The van der Waals surface area contributed by atoms with Crippen molar-refractivity contribution in [2.75, 3.05) is 13.2 Å². The summed E-state index contributed by atoms with van der Waals surface area (Å²) in [7, 11) is 0. The maximum absolute atomic E-state index is 13.0. The first-order chi connectivity index (χ1) is 13.8. The molecule has 0 aliphatic carbocycles. The number of carbonyl (C=O) groups is 2. The molecular formula is C23H29ClN2O3. The van der Waals surface area contributed by atoms with Crippen LogP contribution in [-0.4, -0.2) is 35.9 Å². The highest BCUT2D eigenvalue weighted by Crippen LogP contribution is 2.21. The molecule has 0 radical (unpaired) electrons. The van der Waals surface area contributed by atoms with Gasteiger partial charge in [-0.3, -0.25) is 9.59 Å². The molecule has 0 spiro atoms. The van der Waals surface area contributed by atoms with Crippen molar-refractivity contribution < 1.29 is 14.3 Å². The molecule has 6 heteroatoms. The minimum absolute atomic E-state index is 0.153. The van der Waals surface area contributed by atoms with Gasteiger partial charge in [-0.15, -0.1) is 0 Å². The number of halogens is 1. The average molecular weight is 417 g/mol. The molecule has 29 heavy (non-hydrogen) atoms. The van der Waals surface area contributed by atoms with Crippen LogP contribution in [0.5, 0.6) is 5.75 Å². The smallest absolute Gasteiger partial charge is 0.261 e. The molecule has 0 bridgehead atoms. The summed E-state index contributed by atoms with van der Waals surface area (Å²) in [6.45, 7) is 8.29. The first-order valence-electron chi connectivity index (χ1n) is 9.84. The molecule has 0 saturated heterocycles. The van der Waals surface area contributed by atoms with Gasteiger partial charge in [0.05, 0.1) is 0 Å². The van der Waals surface area contributed by atoms with Gasteiger partial charge in [0.2, 0.25) is 5.91 Å². The zero-order valence-electron chi connectivity index (χ0n) is 17.5. The van der Waals surface area contributed by atoms with Crippen LogP contribution in [0.2, 0.25) is 5.02 Å². The average Bonchev–Trinajstić information content (AvgIpc) is 2.70. The van der Waals surface area contributed by atoms with Gasteiger partial charge in [0, 0.05) is 18.1 Å². The molecule has 0 aromatic heterocycles. The SMILES string of the molecule is CCCNC(=O)C(C)N(Cc1ccccc1Cl)C(=O)COc1ccc(C)cc1C. The molecule has 2 rings (SSSR count). The highest BCUT2D eigenvalue weighted by Gasteiger charge is 2.27. The van der Waals surface area contributed by atoms with E-state index >= 15 is 0 Å². The number of hydrogen-bond acceptors (Lipinski definition) is 3. The number of amides is 2. The Balaban J connectivity index is 2.17. The number of ether oxygens (including phenoxy) is 1. The van der Waals surface area contributed by atoms with E-state index in [2.05, 4.69) is 5.32 Å². The molecule has 1 N–H and O–H groups in total. The van der Waals surface area contributed by atoms with Gasteiger partial charge < -0.3 is 15.0 Å². The van der Waals surface area contributed by atoms with Crippen molar-refractivity contribution in [1.29, 1.82) is 0 Å². The lowest BCUT2D eigenvalue weighted by molar-refractivity contribution is -0.142. The van der Waals surface area contributed by atoms with Gasteiger partial charge >= 0.3 is 0 Å². The molecular weight excluding hydrogens is 388 g/mol. The molecule has 1 atom stereocenters. The molecule has 1 unspecified atom stereocenters. The van der Waals surface area contributed by atoms with E-state index in [9.17, 15) is 9.59 Å². The number of nitrogens with zero attached hydrogens (tertiary/aromatic N) is 1. The second-order valence-corrected chi connectivity index (χ2v) is 7.54. The summed E-state index contributed by atoms with van der Waals surface area (Å²) in [5.41, 5.74) is 2.87. The zero-order chi connectivity index (χ0) is 21.4. The fourth-order valence-corrected chi connectivity index (χ4v) is 3.17. The zero-order valence-corrected chi connectivity index (χ0v) is 18.3. The number of aryl methyl sites for hydroxylation is 2. The van der Waals surface area contributed by atoms with Crippen molar-refractivity contribution in [3.05, 3.63) is 64.2 Å². The third-order valence-electron chi connectivity index (χ3n) is 4.70. The standard InChI is InChI=1S/C23H29ClN2O3/c1-5-12-25-23(28)18(4)26(14-19-8-6-7-9-20(19)24)22(27)15-29-21-11-10-16(2)13-17(21)3/h6-11,13,18H,5,12,14-15H2,1-4H3,(H,25,28). The molecule has 0 heterocycles. The second-order valence-electron chi connectivity index (χ2n) is 7.14. The first-order valence-corrected chi connectivity index (χ1v) is 10.2. The fourth-order valence-electron chi connectivity index (χ4n) is 2.97. The van der Waals surface area contributed by atoms with Crippen LogP contribution in [-0.2, 0) is 16.1 Å². The van der Waals surface area contributed by atoms with E-state index in [1.807, 2.05) is 57.2 Å². The van der Waals surface area contributed by atoms with Gasteiger partial charge in [-0.1, -0.05) is 54.4 Å². The van der Waals surface area contributed by atoms with Crippen molar-refractivity contribution in [3.63, 3.8) is 0 Å². The van der Waals surface area contributed by atoms with Crippen molar-refractivity contribution >= 4 is 23.4 Å². The van der Waals surface area contributed by atoms with Crippen LogP contribution >= 0.6 is 11.6 Å². The van der Waals surface area contributed by atoms with Crippen LogP contribution in [0.25, 0.3) is 0 Å². The lowest BCUT2D eigenvalue weighted by Crippen LogP contribution is -2.49. The Morgan fingerprint density at radius 1 is 1.17 bits per heavy atom. The largest absolute Gasteiger partial charge is 0.483 e. The van der Waals surface area contributed by atoms with Crippen molar-refractivity contribution in [2.45, 2.75) is 46.7 Å². The summed E-state index contributed by atoms with van der Waals surface area (Å²) in [6.07, 6.45) is 0.826. The number of rotatable bonds is 9. The number of benzene rings is 2. The third-order valence-corrected chi connectivity index (χ3v) is 5.07. The van der Waals surface area contributed by atoms with Gasteiger partial charge in [-0.25, -0.2) is 0 Å². The Morgan fingerprint density at radius 3 is 2.55 bits per heavy atom. The Labute approximate surface area is 178 Å². The van der Waals surface area contributed by atoms with Crippen LogP contribution in [0.3, 0.4) is 0 Å². The van der Waals surface area contributed by atoms with Crippen molar-refractivity contribution in [2.24, 2.45) is 0 Å². The molecule has 5 nitrogen and oxygen atoms in total. The summed E-state index contributed by atoms with van der Waals surface area (Å²) in [4.78, 5) is 27.0. The van der Waals surface area contributed by atoms with Gasteiger partial charge in [-0.2, -0.15) is 0 Å². The third kappa shape index (κ3) is 6.50. The topological polar surface area (TPSA) is 58.6 Å². The summed E-state index contributed by atoms with van der Waals surface area (Å²) >= 11 is 6.28. The molecule has 2 aromatic carbocycles. The Morgan fingerprint density at radius 2 is 1.90 bits per heavy atom. The summed E-state index contributed by atoms with van der Waals surface area (Å²) in [5, 5.41) is 3.41. The van der Waals surface area contributed by atoms with Gasteiger partial charge in [0.1, 0.15) is 11.8 Å². The Bertz CT molecular complexity index is 854. The summed E-state index contributed by atoms with van der Waals surface area (Å²) < 4.78 is 5.76. The predicted molar refractivity (Wildman–Crippen MR) is 116 cm³/mol. The van der Waals surface area contributed by atoms with Crippen molar-refractivity contribution in [3.8, 4) is 5.75 Å². The van der Waals surface area contributed by atoms with E-state index in [4.69, 9.17) is 16.3 Å². The fraction of sp³-hybridized carbons (Fsp3) is 0.391. The van der Waals surface area contributed by atoms with E-state index in [1.54, 1.807) is 13.0 Å². The van der Waals surface area contributed by atoms with E-state index in [0.717, 1.165) is 23.1 Å². The normalized spacial score (nSPS) is 11.6. The van der Waals surface area contributed by atoms with E-state index in [-0.39, 0.29) is 25.0 Å². The molecule has 0 fully saturated rings. The van der Waals surface area contributed by atoms with E-state index < -0.39 is 6.04 Å². The van der Waals surface area contributed by atoms with Crippen molar-refractivity contribution in [1.82, 2.24) is 10.2 Å². The van der Waals surface area contributed by atoms with Crippen LogP contribution in [0, 0.1) is 13.8 Å². The monoisotopic (exact) mass is 416 g/mol. The number of carbonyl (C=O) groups excluding carboxylic acids is 2. The Kier molecular flexibility index (Phi) is 8.52. The van der Waals surface area contributed by atoms with Crippen LogP contribution in [0.1, 0.15) is 37.0 Å². The van der Waals surface area contributed by atoms with Crippen LogP contribution in [0.4, 0.5) is 0 Å². The number of hydrogen-bond donors (Lipinski definition) is 1. The maximum atomic E-state index is 13.0. The summed E-state index contributed by atoms with van der Waals surface area (Å²) in [6, 6.07) is 12.5. The maximum Gasteiger partial charge on any atom is 0.261 e. The highest BCUT2D eigenvalue weighted by molar-refractivity contribution is 6.31. The highest BCUT2D eigenvalue weighted by atomic mass is 35.5. The van der Waals surface area contributed by atoms with Gasteiger partial charge in [0.15, 0.2) is 6.61 Å². The van der Waals surface area contributed by atoms with Gasteiger partial charge in [0.25, 0.3) is 5.91 Å². The first kappa shape index (κ1) is 22.8. The molecule has 0 aliphatic rings. The molecule has 0 aliphatic heterocycles. The quantitative estimate of drug-likeness (QED) is 0.663. The molecule has 156 valence electrons. The second kappa shape index (κ2) is 10.9. The van der Waals surface area contributed by atoms with Crippen LogP contribution < -0.4 is 10.1 Å². The molecule has 0 saturated carbocycles. The van der Waals surface area contributed by atoms with E-state index in [0.29, 0.717) is 17.3 Å². The van der Waals surface area contributed by atoms with E-state index in [1.165, 1.54) is 4.90 Å². The molecule has 2 amide bonds. The minimum atomic E-state index is -0.645. The summed E-state index contributed by atoms with van der Waals surface area (Å²) in [5.74, 6) is 0.188. The Hall–Kier alpha value is -2.53. The predicted octanol–water partition coefficient (Wildman–Crippen LogP) is 4.28. The minimum Gasteiger partial charge on any atom is -0.483 e. The molecule has 2 aromatic rings. The van der Waals surface area contributed by atoms with Gasteiger partial charge in [-0.05, 0) is 50.5 Å². The lowest BCUT2D eigenvalue weighted by atomic mass is 10.1. The number of nitrogens with one attached hydrogen (secondary N) is 1. The van der Waals surface area contributed by atoms with Crippen LogP contribution in [0.15, 0.2) is 42.5 Å².